The average molecular weight is 215 g/mol. The molecule has 1 aromatic carbocycles. The van der Waals surface area contributed by atoms with Gasteiger partial charge in [-0.2, -0.15) is 0 Å². The van der Waals surface area contributed by atoms with Crippen molar-refractivity contribution in [2.45, 2.75) is 6.92 Å². The molecule has 16 heavy (non-hydrogen) atoms. The van der Waals surface area contributed by atoms with Crippen molar-refractivity contribution in [1.29, 1.82) is 5.41 Å². The van der Waals surface area contributed by atoms with Crippen LogP contribution < -0.4 is 10.5 Å². The van der Waals surface area contributed by atoms with Gasteiger partial charge in [0.15, 0.2) is 0 Å². The van der Waals surface area contributed by atoms with Gasteiger partial charge in [0, 0.05) is 22.7 Å². The molecule has 1 aromatic heterocycles. The molecule has 0 amide bonds. The minimum atomic E-state index is 0.0192. The van der Waals surface area contributed by atoms with Crippen LogP contribution in [0.15, 0.2) is 24.3 Å². The Morgan fingerprint density at radius 2 is 2.19 bits per heavy atom. The maximum Gasteiger partial charge on any atom is 0.130 e. The highest BCUT2D eigenvalue weighted by Crippen LogP contribution is 2.27. The third-order valence-corrected chi connectivity index (χ3v) is 2.44. The first-order valence-corrected chi connectivity index (χ1v) is 4.92. The minimum absolute atomic E-state index is 0.0192. The van der Waals surface area contributed by atoms with Gasteiger partial charge >= 0.3 is 0 Å². The van der Waals surface area contributed by atoms with Gasteiger partial charge in [-0.3, -0.25) is 10.4 Å². The number of nitrogen functional groups attached to an aromatic ring is 1. The van der Waals surface area contributed by atoms with Gasteiger partial charge in [0.2, 0.25) is 0 Å². The first-order valence-electron chi connectivity index (χ1n) is 4.92. The second-order valence-electron chi connectivity index (χ2n) is 3.58. The van der Waals surface area contributed by atoms with Gasteiger partial charge in [-0.15, -0.1) is 0 Å². The Bertz CT molecular complexity index is 563. The van der Waals surface area contributed by atoms with E-state index in [-0.39, 0.29) is 5.84 Å². The van der Waals surface area contributed by atoms with Crippen LogP contribution in [0.2, 0.25) is 0 Å². The van der Waals surface area contributed by atoms with Crippen LogP contribution in [-0.2, 0) is 0 Å². The standard InChI is InChI=1S/C12H13N3O/c1-7-6-10(16-2)8-4-3-5-9(12(13)14)11(8)15-7/h3-6H,1-2H3,(H3,13,14). The van der Waals surface area contributed by atoms with Crippen molar-refractivity contribution in [3.63, 3.8) is 0 Å². The highest BCUT2D eigenvalue weighted by atomic mass is 16.5. The summed E-state index contributed by atoms with van der Waals surface area (Å²) in [5.74, 6) is 0.774. The van der Waals surface area contributed by atoms with E-state index in [2.05, 4.69) is 4.98 Å². The number of nitrogens with one attached hydrogen (secondary N) is 1. The lowest BCUT2D eigenvalue weighted by molar-refractivity contribution is 0.419. The third-order valence-electron chi connectivity index (χ3n) is 2.44. The number of aryl methyl sites for hydroxylation is 1. The van der Waals surface area contributed by atoms with Crippen LogP contribution in [0.25, 0.3) is 10.9 Å². The van der Waals surface area contributed by atoms with Crippen molar-refractivity contribution in [3.05, 3.63) is 35.5 Å². The molecule has 82 valence electrons. The summed E-state index contributed by atoms with van der Waals surface area (Å²) in [5.41, 5.74) is 7.72. The van der Waals surface area contributed by atoms with E-state index in [1.165, 1.54) is 0 Å². The Labute approximate surface area is 93.6 Å². The van der Waals surface area contributed by atoms with Crippen molar-refractivity contribution in [1.82, 2.24) is 4.98 Å². The molecule has 0 aliphatic heterocycles. The minimum Gasteiger partial charge on any atom is -0.496 e. The number of fused-ring (bicyclic) bond motifs is 1. The van der Waals surface area contributed by atoms with E-state index in [0.29, 0.717) is 11.1 Å². The number of hydrogen-bond donors (Lipinski definition) is 2. The maximum atomic E-state index is 7.51. The van der Waals surface area contributed by atoms with Crippen LogP contribution in [0.1, 0.15) is 11.3 Å². The highest BCUT2D eigenvalue weighted by molar-refractivity contribution is 6.07. The third kappa shape index (κ3) is 1.58. The summed E-state index contributed by atoms with van der Waals surface area (Å²) in [7, 11) is 1.62. The number of rotatable bonds is 2. The number of pyridine rings is 1. The highest BCUT2D eigenvalue weighted by Gasteiger charge is 2.09. The summed E-state index contributed by atoms with van der Waals surface area (Å²) in [5, 5.41) is 8.39. The van der Waals surface area contributed by atoms with Gasteiger partial charge < -0.3 is 10.5 Å². The second kappa shape index (κ2) is 3.81. The van der Waals surface area contributed by atoms with E-state index in [0.717, 1.165) is 16.8 Å². The number of aromatic nitrogens is 1. The fraction of sp³-hybridized carbons (Fsp3) is 0.167. The average Bonchev–Trinajstić information content (AvgIpc) is 2.26. The molecule has 1 heterocycles. The molecule has 0 saturated heterocycles. The lowest BCUT2D eigenvalue weighted by Crippen LogP contribution is -2.12. The van der Waals surface area contributed by atoms with Crippen LogP contribution in [0.4, 0.5) is 0 Å². The zero-order valence-electron chi connectivity index (χ0n) is 9.24. The van der Waals surface area contributed by atoms with Crippen molar-refractivity contribution in [2.24, 2.45) is 5.73 Å². The fourth-order valence-corrected chi connectivity index (χ4v) is 1.73. The predicted molar refractivity (Wildman–Crippen MR) is 64.0 cm³/mol. The number of methoxy groups -OCH3 is 1. The molecule has 0 aliphatic carbocycles. The van der Waals surface area contributed by atoms with Crippen molar-refractivity contribution < 1.29 is 4.74 Å². The van der Waals surface area contributed by atoms with Crippen LogP contribution in [-0.4, -0.2) is 17.9 Å². The monoisotopic (exact) mass is 215 g/mol. The molecule has 0 radical (unpaired) electrons. The molecule has 0 bridgehead atoms. The molecule has 2 aromatic rings. The van der Waals surface area contributed by atoms with Crippen LogP contribution in [0.3, 0.4) is 0 Å². The zero-order valence-corrected chi connectivity index (χ0v) is 9.24. The molecule has 0 unspecified atom stereocenters. The van der Waals surface area contributed by atoms with Gasteiger partial charge in [-0.1, -0.05) is 6.07 Å². The molecule has 0 fully saturated rings. The van der Waals surface area contributed by atoms with Crippen molar-refractivity contribution in [3.8, 4) is 5.75 Å². The van der Waals surface area contributed by atoms with E-state index in [1.54, 1.807) is 13.2 Å². The van der Waals surface area contributed by atoms with Gasteiger partial charge in [-0.25, -0.2) is 0 Å². The van der Waals surface area contributed by atoms with E-state index in [4.69, 9.17) is 15.9 Å². The van der Waals surface area contributed by atoms with Crippen molar-refractivity contribution >= 4 is 16.7 Å². The summed E-state index contributed by atoms with van der Waals surface area (Å²) in [6, 6.07) is 7.41. The molecule has 0 aliphatic rings. The van der Waals surface area contributed by atoms with Gasteiger partial charge in [0.1, 0.15) is 11.6 Å². The Balaban J connectivity index is 2.87. The van der Waals surface area contributed by atoms with E-state index < -0.39 is 0 Å². The molecule has 3 N–H and O–H groups in total. The Morgan fingerprint density at radius 3 is 2.81 bits per heavy atom. The summed E-state index contributed by atoms with van der Waals surface area (Å²) in [6.07, 6.45) is 0. The van der Waals surface area contributed by atoms with E-state index in [1.807, 2.05) is 25.1 Å². The molecular formula is C12H13N3O. The first-order chi connectivity index (χ1) is 7.63. The number of nitrogens with two attached hydrogens (primary N) is 1. The zero-order chi connectivity index (χ0) is 11.7. The molecule has 0 spiro atoms. The Hall–Kier alpha value is -2.10. The van der Waals surface area contributed by atoms with Crippen molar-refractivity contribution in [2.75, 3.05) is 7.11 Å². The SMILES string of the molecule is COc1cc(C)nc2c(C(=N)N)cccc12. The lowest BCUT2D eigenvalue weighted by Gasteiger charge is -2.09. The number of ether oxygens (including phenoxy) is 1. The summed E-state index contributed by atoms with van der Waals surface area (Å²) in [4.78, 5) is 4.40. The molecule has 0 atom stereocenters. The normalized spacial score (nSPS) is 10.4. The second-order valence-corrected chi connectivity index (χ2v) is 3.58. The number of benzene rings is 1. The molecule has 4 nitrogen and oxygen atoms in total. The summed E-state index contributed by atoms with van der Waals surface area (Å²) >= 11 is 0. The number of nitrogens with zero attached hydrogens (tertiary/aromatic N) is 1. The summed E-state index contributed by atoms with van der Waals surface area (Å²) < 4.78 is 5.29. The lowest BCUT2D eigenvalue weighted by atomic mass is 10.1. The maximum absolute atomic E-state index is 7.51. The van der Waals surface area contributed by atoms with Gasteiger partial charge in [0.25, 0.3) is 0 Å². The van der Waals surface area contributed by atoms with Crippen LogP contribution in [0.5, 0.6) is 5.75 Å². The number of para-hydroxylation sites is 1. The number of amidine groups is 1. The summed E-state index contributed by atoms with van der Waals surface area (Å²) in [6.45, 7) is 1.89. The van der Waals surface area contributed by atoms with Crippen LogP contribution in [0, 0.1) is 12.3 Å². The largest absolute Gasteiger partial charge is 0.496 e. The fourth-order valence-electron chi connectivity index (χ4n) is 1.73. The topological polar surface area (TPSA) is 72.0 Å². The molecule has 2 rings (SSSR count). The van der Waals surface area contributed by atoms with Gasteiger partial charge in [0.05, 0.1) is 12.6 Å². The Morgan fingerprint density at radius 1 is 1.44 bits per heavy atom. The first kappa shape index (κ1) is 10.4. The van der Waals surface area contributed by atoms with E-state index >= 15 is 0 Å². The van der Waals surface area contributed by atoms with Crippen LogP contribution >= 0.6 is 0 Å². The molecular weight excluding hydrogens is 202 g/mol. The smallest absolute Gasteiger partial charge is 0.130 e. The molecule has 4 heteroatoms. The predicted octanol–water partition coefficient (Wildman–Crippen LogP) is 1.84. The number of hydrogen-bond acceptors (Lipinski definition) is 3. The Kier molecular flexibility index (Phi) is 2.48. The molecule has 0 saturated carbocycles. The van der Waals surface area contributed by atoms with Gasteiger partial charge in [-0.05, 0) is 19.1 Å². The van der Waals surface area contributed by atoms with E-state index in [9.17, 15) is 0 Å². The quantitative estimate of drug-likeness (QED) is 0.593.